The van der Waals surface area contributed by atoms with Crippen LogP contribution in [-0.4, -0.2) is 62.8 Å². The molecule has 0 saturated heterocycles. The first-order valence-corrected chi connectivity index (χ1v) is 14.0. The van der Waals surface area contributed by atoms with Gasteiger partial charge in [-0.1, -0.05) is 60.7 Å². The molecule has 0 spiro atoms. The molecule has 3 rings (SSSR count). The molecule has 0 fully saturated rings. The van der Waals surface area contributed by atoms with Gasteiger partial charge in [0, 0.05) is 31.4 Å². The van der Waals surface area contributed by atoms with Gasteiger partial charge in [0.1, 0.15) is 12.2 Å². The van der Waals surface area contributed by atoms with Gasteiger partial charge in [-0.15, -0.1) is 0 Å². The highest BCUT2D eigenvalue weighted by molar-refractivity contribution is 5.84. The maximum absolute atomic E-state index is 14.4. The fourth-order valence-corrected chi connectivity index (χ4v) is 4.85. The minimum absolute atomic E-state index is 0.102. The third-order valence-electron chi connectivity index (χ3n) is 7.20. The van der Waals surface area contributed by atoms with Gasteiger partial charge in [0.15, 0.2) is 0 Å². The molecular formula is C32H32F6O8. The Hall–Kier alpha value is -4.17. The van der Waals surface area contributed by atoms with Crippen LogP contribution in [-0.2, 0) is 49.3 Å². The van der Waals surface area contributed by atoms with Crippen molar-refractivity contribution in [3.63, 3.8) is 0 Å². The third kappa shape index (κ3) is 7.79. The van der Waals surface area contributed by atoms with Crippen LogP contribution in [0.2, 0.25) is 0 Å². The van der Waals surface area contributed by atoms with Gasteiger partial charge in [-0.25, -0.2) is 14.4 Å². The molecule has 1 aliphatic rings. The van der Waals surface area contributed by atoms with Crippen molar-refractivity contribution in [3.8, 4) is 0 Å². The first kappa shape index (κ1) is 36.3. The molecule has 0 N–H and O–H groups in total. The van der Waals surface area contributed by atoms with E-state index in [1.165, 1.54) is 43.3 Å². The van der Waals surface area contributed by atoms with Gasteiger partial charge in [-0.05, 0) is 44.4 Å². The summed E-state index contributed by atoms with van der Waals surface area (Å²) in [5.41, 5.74) is -8.24. The lowest BCUT2D eigenvalue weighted by molar-refractivity contribution is -0.278. The highest BCUT2D eigenvalue weighted by Gasteiger charge is 2.65. The molecule has 0 radical (unpaired) electrons. The zero-order chi connectivity index (χ0) is 34.2. The number of benzene rings is 2. The van der Waals surface area contributed by atoms with Gasteiger partial charge >= 0.3 is 30.3 Å². The van der Waals surface area contributed by atoms with E-state index in [2.05, 4.69) is 0 Å². The molecule has 250 valence electrons. The van der Waals surface area contributed by atoms with Crippen LogP contribution in [0.4, 0.5) is 26.3 Å². The second kappa shape index (κ2) is 14.9. The van der Waals surface area contributed by atoms with Crippen LogP contribution in [0.25, 0.3) is 0 Å². The van der Waals surface area contributed by atoms with Crippen LogP contribution < -0.4 is 0 Å². The Balaban J connectivity index is 2.02. The van der Waals surface area contributed by atoms with Gasteiger partial charge in [-0.2, -0.15) is 26.3 Å². The lowest BCUT2D eigenvalue weighted by atomic mass is 9.92. The predicted molar refractivity (Wildman–Crippen MR) is 150 cm³/mol. The SMILES string of the molecule is CO[C@@](C(=O)OC1/C=C\C(=O)O[C@@H](C)CCC[C@@H](OC(=O)[C@](OC)(c2ccccc2)C(F)(F)F)/C=C\1)(c1ccccc1)C(F)(F)F. The number of carbonyl (C=O) groups excluding carboxylic acids is 3. The van der Waals surface area contributed by atoms with Crippen LogP contribution in [0.1, 0.15) is 37.3 Å². The highest BCUT2D eigenvalue weighted by atomic mass is 19.4. The first-order valence-electron chi connectivity index (χ1n) is 14.0. The third-order valence-corrected chi connectivity index (χ3v) is 7.20. The van der Waals surface area contributed by atoms with Gasteiger partial charge in [0.25, 0.3) is 11.2 Å². The zero-order valence-electron chi connectivity index (χ0n) is 25.0. The lowest BCUT2D eigenvalue weighted by Crippen LogP contribution is -2.52. The number of ether oxygens (including phenoxy) is 5. The van der Waals surface area contributed by atoms with Crippen molar-refractivity contribution in [2.75, 3.05) is 14.2 Å². The van der Waals surface area contributed by atoms with Crippen LogP contribution in [0, 0.1) is 0 Å². The minimum Gasteiger partial charge on any atom is -0.460 e. The number of hydrogen-bond donors (Lipinski definition) is 0. The van der Waals surface area contributed by atoms with Crippen LogP contribution in [0.15, 0.2) is 85.0 Å². The van der Waals surface area contributed by atoms with Crippen molar-refractivity contribution >= 4 is 17.9 Å². The van der Waals surface area contributed by atoms with Gasteiger partial charge in [-0.3, -0.25) is 0 Å². The van der Waals surface area contributed by atoms with E-state index < -0.39 is 70.9 Å². The molecule has 1 aliphatic heterocycles. The number of carbonyl (C=O) groups is 3. The largest absolute Gasteiger partial charge is 0.460 e. The topological polar surface area (TPSA) is 97.4 Å². The number of alkyl halides is 6. The summed E-state index contributed by atoms with van der Waals surface area (Å²) in [5, 5.41) is 0. The van der Waals surface area contributed by atoms with Crippen molar-refractivity contribution in [3.05, 3.63) is 96.1 Å². The maximum atomic E-state index is 14.4. The van der Waals surface area contributed by atoms with Crippen molar-refractivity contribution in [2.24, 2.45) is 0 Å². The summed E-state index contributed by atoms with van der Waals surface area (Å²) in [7, 11) is 1.36. The molecule has 2 aromatic rings. The Morgan fingerprint density at radius 2 is 1.20 bits per heavy atom. The number of methoxy groups -OCH3 is 2. The Labute approximate surface area is 260 Å². The Kier molecular flexibility index (Phi) is 11.8. The van der Waals surface area contributed by atoms with Crippen molar-refractivity contribution in [2.45, 2.75) is 68.1 Å². The number of cyclic esters (lactones) is 1. The molecule has 5 atom stereocenters. The first-order chi connectivity index (χ1) is 21.6. The van der Waals surface area contributed by atoms with E-state index in [0.717, 1.165) is 48.6 Å². The predicted octanol–water partition coefficient (Wildman–Crippen LogP) is 6.25. The van der Waals surface area contributed by atoms with Gasteiger partial charge in [0.2, 0.25) is 0 Å². The van der Waals surface area contributed by atoms with Crippen LogP contribution in [0.3, 0.4) is 0 Å². The molecule has 0 saturated carbocycles. The monoisotopic (exact) mass is 658 g/mol. The van der Waals surface area contributed by atoms with Crippen LogP contribution >= 0.6 is 0 Å². The van der Waals surface area contributed by atoms with E-state index in [9.17, 15) is 40.7 Å². The Morgan fingerprint density at radius 3 is 1.65 bits per heavy atom. The molecular weight excluding hydrogens is 626 g/mol. The molecule has 2 aromatic carbocycles. The van der Waals surface area contributed by atoms with E-state index in [1.54, 1.807) is 0 Å². The molecule has 1 heterocycles. The van der Waals surface area contributed by atoms with E-state index in [4.69, 9.17) is 23.7 Å². The Morgan fingerprint density at radius 1 is 0.717 bits per heavy atom. The zero-order valence-corrected chi connectivity index (χ0v) is 25.0. The lowest BCUT2D eigenvalue weighted by Gasteiger charge is -2.34. The fourth-order valence-electron chi connectivity index (χ4n) is 4.85. The molecule has 0 aliphatic carbocycles. The number of hydrogen-bond acceptors (Lipinski definition) is 8. The summed E-state index contributed by atoms with van der Waals surface area (Å²) in [4.78, 5) is 38.8. The average molecular weight is 659 g/mol. The summed E-state index contributed by atoms with van der Waals surface area (Å²) in [5.74, 6) is -4.60. The van der Waals surface area contributed by atoms with Gasteiger partial charge in [0.05, 0.1) is 6.10 Å². The van der Waals surface area contributed by atoms with Crippen molar-refractivity contribution in [1.29, 1.82) is 0 Å². The van der Waals surface area contributed by atoms with Crippen LogP contribution in [0.5, 0.6) is 0 Å². The molecule has 0 amide bonds. The standard InChI is InChI=1S/C32H32F6O8/c1-21-11-10-16-24(45-27(40)29(42-2,31(33,34)35)22-12-6-4-7-13-22)17-18-25(19-20-26(39)44-21)46-28(41)30(43-3,32(36,37)38)23-14-8-5-9-15-23/h4-9,12-15,17-21,24-25H,10-11,16H2,1-3H3/b18-17-,20-19-/t21-,24+,25?,29+,30+/m0/s1. The fraction of sp³-hybridized carbons (Fsp3) is 0.406. The summed E-state index contributed by atoms with van der Waals surface area (Å²) in [6.45, 7) is 1.54. The molecule has 46 heavy (non-hydrogen) atoms. The van der Waals surface area contributed by atoms with Crippen molar-refractivity contribution < 1.29 is 64.4 Å². The number of esters is 3. The summed E-state index contributed by atoms with van der Waals surface area (Å²) in [6, 6.07) is 12.0. The highest BCUT2D eigenvalue weighted by Crippen LogP contribution is 2.44. The maximum Gasteiger partial charge on any atom is 0.432 e. The number of halogens is 6. The summed E-state index contributed by atoms with van der Waals surface area (Å²) < 4.78 is 112. The average Bonchev–Trinajstić information content (AvgIpc) is 2.98. The quantitative estimate of drug-likeness (QED) is 0.142. The van der Waals surface area contributed by atoms with E-state index in [-0.39, 0.29) is 19.3 Å². The normalized spacial score (nSPS) is 23.7. The summed E-state index contributed by atoms with van der Waals surface area (Å²) in [6.07, 6.45) is -10.3. The molecule has 0 aromatic heterocycles. The van der Waals surface area contributed by atoms with E-state index >= 15 is 0 Å². The smallest absolute Gasteiger partial charge is 0.432 e. The summed E-state index contributed by atoms with van der Waals surface area (Å²) >= 11 is 0. The Bertz CT molecular complexity index is 1390. The van der Waals surface area contributed by atoms with Crippen molar-refractivity contribution in [1.82, 2.24) is 0 Å². The second-order valence-corrected chi connectivity index (χ2v) is 10.2. The second-order valence-electron chi connectivity index (χ2n) is 10.2. The molecule has 8 nitrogen and oxygen atoms in total. The van der Waals surface area contributed by atoms with Gasteiger partial charge < -0.3 is 23.7 Å². The molecule has 14 heteroatoms. The van der Waals surface area contributed by atoms with E-state index in [1.807, 2.05) is 0 Å². The molecule has 0 bridgehead atoms. The van der Waals surface area contributed by atoms with E-state index in [0.29, 0.717) is 14.2 Å². The number of rotatable bonds is 8. The minimum atomic E-state index is -5.32. The molecule has 1 unspecified atom stereocenters.